The first-order chi connectivity index (χ1) is 8.72. The Bertz CT molecular complexity index is 224. The van der Waals surface area contributed by atoms with Gasteiger partial charge in [0.2, 0.25) is 5.78 Å². The van der Waals surface area contributed by atoms with E-state index in [0.29, 0.717) is 6.42 Å². The second-order valence-corrected chi connectivity index (χ2v) is 4.72. The molecule has 0 spiro atoms. The Balaban J connectivity index is 3.25. The van der Waals surface area contributed by atoms with Crippen LogP contribution in [0.2, 0.25) is 0 Å². The Morgan fingerprint density at radius 2 is 1.28 bits per heavy atom. The molecule has 106 valence electrons. The molecule has 0 aromatic heterocycles. The number of ketones is 1. The van der Waals surface area contributed by atoms with Crippen LogP contribution in [-0.4, -0.2) is 18.4 Å². The zero-order valence-electron chi connectivity index (χ0n) is 12.0. The van der Waals surface area contributed by atoms with E-state index in [2.05, 4.69) is 11.7 Å². The molecular weight excluding hydrogens is 228 g/mol. The maximum absolute atomic E-state index is 11.3. The van der Waals surface area contributed by atoms with Crippen LogP contribution in [0.25, 0.3) is 0 Å². The van der Waals surface area contributed by atoms with E-state index in [0.717, 1.165) is 12.8 Å². The second kappa shape index (κ2) is 12.6. The number of unbranched alkanes of at least 4 members (excludes halogenated alkanes) is 8. The lowest BCUT2D eigenvalue weighted by Gasteiger charge is -2.02. The van der Waals surface area contributed by atoms with Gasteiger partial charge >= 0.3 is 5.97 Å². The minimum absolute atomic E-state index is 0.280. The molecule has 0 aromatic rings. The number of carbonyl (C=O) groups is 2. The summed E-state index contributed by atoms with van der Waals surface area (Å²) in [4.78, 5) is 22.3. The summed E-state index contributed by atoms with van der Waals surface area (Å²) < 4.78 is 4.65. The van der Waals surface area contributed by atoms with Crippen molar-refractivity contribution in [2.75, 3.05) is 6.61 Å². The van der Waals surface area contributed by atoms with E-state index in [1.54, 1.807) is 6.92 Å². The fourth-order valence-corrected chi connectivity index (χ4v) is 1.91. The van der Waals surface area contributed by atoms with E-state index >= 15 is 0 Å². The van der Waals surface area contributed by atoms with Gasteiger partial charge in [-0.2, -0.15) is 0 Å². The van der Waals surface area contributed by atoms with Crippen LogP contribution in [0.4, 0.5) is 0 Å². The van der Waals surface area contributed by atoms with Crippen LogP contribution >= 0.6 is 0 Å². The molecule has 0 fully saturated rings. The SMILES string of the molecule is CCCCCCCCCCCC(=O)C(=O)OCC. The molecule has 0 bridgehead atoms. The molecular formula is C15H28O3. The first-order valence-corrected chi connectivity index (χ1v) is 7.42. The van der Waals surface area contributed by atoms with Crippen molar-refractivity contribution in [1.82, 2.24) is 0 Å². The summed E-state index contributed by atoms with van der Waals surface area (Å²) in [6.07, 6.45) is 11.2. The lowest BCUT2D eigenvalue weighted by molar-refractivity contribution is -0.153. The number of ether oxygens (including phenoxy) is 1. The highest BCUT2D eigenvalue weighted by molar-refractivity contribution is 6.33. The fraction of sp³-hybridized carbons (Fsp3) is 0.867. The molecule has 0 rings (SSSR count). The van der Waals surface area contributed by atoms with Gasteiger partial charge in [0, 0.05) is 6.42 Å². The summed E-state index contributed by atoms with van der Waals surface area (Å²) in [6.45, 7) is 4.21. The van der Waals surface area contributed by atoms with Crippen molar-refractivity contribution in [3.63, 3.8) is 0 Å². The molecule has 0 saturated heterocycles. The normalized spacial score (nSPS) is 10.3. The quantitative estimate of drug-likeness (QED) is 0.301. The number of hydrogen-bond donors (Lipinski definition) is 0. The topological polar surface area (TPSA) is 43.4 Å². The van der Waals surface area contributed by atoms with E-state index in [1.165, 1.54) is 44.9 Å². The lowest BCUT2D eigenvalue weighted by atomic mass is 10.1. The number of hydrogen-bond acceptors (Lipinski definition) is 3. The van der Waals surface area contributed by atoms with Crippen molar-refractivity contribution in [1.29, 1.82) is 0 Å². The standard InChI is InChI=1S/C15H28O3/c1-3-5-6-7-8-9-10-11-12-13-14(16)15(17)18-4-2/h3-13H2,1-2H3. The van der Waals surface area contributed by atoms with Gasteiger partial charge in [-0.05, 0) is 13.3 Å². The molecule has 18 heavy (non-hydrogen) atoms. The molecule has 0 atom stereocenters. The van der Waals surface area contributed by atoms with Gasteiger partial charge in [0.15, 0.2) is 0 Å². The minimum atomic E-state index is -0.669. The Hall–Kier alpha value is -0.860. The predicted molar refractivity (Wildman–Crippen MR) is 73.5 cm³/mol. The van der Waals surface area contributed by atoms with Gasteiger partial charge in [0.1, 0.15) is 0 Å². The molecule has 0 heterocycles. The minimum Gasteiger partial charge on any atom is -0.460 e. The smallest absolute Gasteiger partial charge is 0.374 e. The van der Waals surface area contributed by atoms with Crippen molar-refractivity contribution in [2.45, 2.75) is 78.1 Å². The molecule has 0 radical (unpaired) electrons. The Morgan fingerprint density at radius 3 is 1.78 bits per heavy atom. The van der Waals surface area contributed by atoms with Gasteiger partial charge in [0.05, 0.1) is 6.61 Å². The van der Waals surface area contributed by atoms with Crippen LogP contribution < -0.4 is 0 Å². The number of Topliss-reactive ketones (excluding diaryl/α,β-unsaturated/α-hetero) is 1. The van der Waals surface area contributed by atoms with Crippen molar-refractivity contribution >= 4 is 11.8 Å². The second-order valence-electron chi connectivity index (χ2n) is 4.72. The zero-order chi connectivity index (χ0) is 13.6. The van der Waals surface area contributed by atoms with Crippen molar-refractivity contribution in [3.8, 4) is 0 Å². The summed E-state index contributed by atoms with van der Waals surface area (Å²) >= 11 is 0. The molecule has 0 aliphatic carbocycles. The highest BCUT2D eigenvalue weighted by atomic mass is 16.5. The van der Waals surface area contributed by atoms with Gasteiger partial charge in [-0.1, -0.05) is 58.3 Å². The van der Waals surface area contributed by atoms with Gasteiger partial charge in [-0.15, -0.1) is 0 Å². The summed E-state index contributed by atoms with van der Waals surface area (Å²) in [6, 6.07) is 0. The molecule has 0 unspecified atom stereocenters. The van der Waals surface area contributed by atoms with E-state index < -0.39 is 5.97 Å². The molecule has 0 aromatic carbocycles. The number of esters is 1. The molecule has 3 nitrogen and oxygen atoms in total. The van der Waals surface area contributed by atoms with E-state index in [9.17, 15) is 9.59 Å². The Morgan fingerprint density at radius 1 is 0.778 bits per heavy atom. The number of rotatable bonds is 12. The van der Waals surface area contributed by atoms with E-state index in [-0.39, 0.29) is 12.4 Å². The van der Waals surface area contributed by atoms with Crippen LogP contribution in [0.1, 0.15) is 78.1 Å². The Labute approximate surface area is 111 Å². The monoisotopic (exact) mass is 256 g/mol. The van der Waals surface area contributed by atoms with E-state index in [1.807, 2.05) is 0 Å². The number of carbonyl (C=O) groups excluding carboxylic acids is 2. The molecule has 0 N–H and O–H groups in total. The van der Waals surface area contributed by atoms with Crippen molar-refractivity contribution in [2.24, 2.45) is 0 Å². The highest BCUT2D eigenvalue weighted by Crippen LogP contribution is 2.10. The van der Waals surface area contributed by atoms with Crippen LogP contribution in [0.5, 0.6) is 0 Å². The van der Waals surface area contributed by atoms with Gasteiger partial charge < -0.3 is 4.74 Å². The molecule has 0 amide bonds. The summed E-state index contributed by atoms with van der Waals surface area (Å²) in [7, 11) is 0. The molecule has 0 aliphatic heterocycles. The largest absolute Gasteiger partial charge is 0.460 e. The van der Waals surface area contributed by atoms with Crippen LogP contribution in [0.15, 0.2) is 0 Å². The first kappa shape index (κ1) is 17.1. The summed E-state index contributed by atoms with van der Waals surface area (Å²) in [5.41, 5.74) is 0. The summed E-state index contributed by atoms with van der Waals surface area (Å²) in [5, 5.41) is 0. The third kappa shape index (κ3) is 10.3. The fourth-order valence-electron chi connectivity index (χ4n) is 1.91. The first-order valence-electron chi connectivity index (χ1n) is 7.42. The summed E-state index contributed by atoms with van der Waals surface area (Å²) in [5.74, 6) is -1.04. The third-order valence-electron chi connectivity index (χ3n) is 3.01. The van der Waals surface area contributed by atoms with E-state index in [4.69, 9.17) is 0 Å². The van der Waals surface area contributed by atoms with Crippen LogP contribution in [-0.2, 0) is 14.3 Å². The molecule has 3 heteroatoms. The molecule has 0 aliphatic rings. The molecule has 0 saturated carbocycles. The lowest BCUT2D eigenvalue weighted by Crippen LogP contribution is -2.16. The van der Waals surface area contributed by atoms with Crippen LogP contribution in [0.3, 0.4) is 0 Å². The van der Waals surface area contributed by atoms with Crippen molar-refractivity contribution < 1.29 is 14.3 Å². The predicted octanol–water partition coefficient (Wildman–Crippen LogP) is 4.04. The average molecular weight is 256 g/mol. The van der Waals surface area contributed by atoms with Gasteiger partial charge in [0.25, 0.3) is 0 Å². The Kier molecular flexibility index (Phi) is 12.0. The van der Waals surface area contributed by atoms with Crippen LogP contribution in [0, 0.1) is 0 Å². The average Bonchev–Trinajstić information content (AvgIpc) is 2.36. The third-order valence-corrected chi connectivity index (χ3v) is 3.01. The zero-order valence-corrected chi connectivity index (χ0v) is 12.0. The van der Waals surface area contributed by atoms with Gasteiger partial charge in [-0.25, -0.2) is 4.79 Å². The maximum atomic E-state index is 11.3. The van der Waals surface area contributed by atoms with Gasteiger partial charge in [-0.3, -0.25) is 4.79 Å². The highest BCUT2D eigenvalue weighted by Gasteiger charge is 2.13. The maximum Gasteiger partial charge on any atom is 0.374 e. The van der Waals surface area contributed by atoms with Crippen molar-refractivity contribution in [3.05, 3.63) is 0 Å².